The molecular formula is C14H16ClNO3S. The number of aryl methyl sites for hydroxylation is 1. The summed E-state index contributed by atoms with van der Waals surface area (Å²) in [5.74, 6) is 0.595. The van der Waals surface area contributed by atoms with Crippen LogP contribution in [-0.2, 0) is 23.0 Å². The maximum atomic E-state index is 11.8. The molecule has 2 aromatic rings. The van der Waals surface area contributed by atoms with Crippen molar-refractivity contribution in [3.05, 3.63) is 59.0 Å². The Hall–Kier alpha value is -1.30. The van der Waals surface area contributed by atoms with E-state index in [1.54, 1.807) is 12.1 Å². The molecule has 0 bridgehead atoms. The third-order valence-corrected chi connectivity index (χ3v) is 4.43. The molecule has 20 heavy (non-hydrogen) atoms. The number of hydrogen-bond acceptors (Lipinski definition) is 3. The van der Waals surface area contributed by atoms with Gasteiger partial charge in [0.25, 0.3) is 0 Å². The third kappa shape index (κ3) is 5.00. The van der Waals surface area contributed by atoms with E-state index in [1.165, 1.54) is 0 Å². The molecule has 4 nitrogen and oxygen atoms in total. The monoisotopic (exact) mass is 313 g/mol. The molecule has 0 radical (unpaired) electrons. The lowest BCUT2D eigenvalue weighted by Gasteiger charge is -2.05. The summed E-state index contributed by atoms with van der Waals surface area (Å²) in [6.45, 7) is 0.125. The van der Waals surface area contributed by atoms with Crippen LogP contribution < -0.4 is 4.72 Å². The Morgan fingerprint density at radius 2 is 1.85 bits per heavy atom. The Morgan fingerprint density at radius 1 is 1.10 bits per heavy atom. The van der Waals surface area contributed by atoms with Gasteiger partial charge in [-0.1, -0.05) is 30.3 Å². The number of benzene rings is 1. The van der Waals surface area contributed by atoms with Gasteiger partial charge in [-0.3, -0.25) is 0 Å². The van der Waals surface area contributed by atoms with Gasteiger partial charge in [-0.2, -0.15) is 0 Å². The lowest BCUT2D eigenvalue weighted by Crippen LogP contribution is -2.26. The predicted molar refractivity (Wildman–Crippen MR) is 79.1 cm³/mol. The summed E-state index contributed by atoms with van der Waals surface area (Å²) in [6.07, 6.45) is 1.33. The van der Waals surface area contributed by atoms with E-state index in [9.17, 15) is 8.42 Å². The van der Waals surface area contributed by atoms with Gasteiger partial charge in [-0.15, -0.1) is 0 Å². The molecule has 0 aliphatic heterocycles. The Bertz CT molecular complexity index is 637. The van der Waals surface area contributed by atoms with E-state index in [0.29, 0.717) is 12.2 Å². The van der Waals surface area contributed by atoms with Crippen LogP contribution in [0.2, 0.25) is 5.22 Å². The van der Waals surface area contributed by atoms with E-state index >= 15 is 0 Å². The molecule has 0 aliphatic rings. The van der Waals surface area contributed by atoms with Crippen LogP contribution in [0.15, 0.2) is 46.9 Å². The van der Waals surface area contributed by atoms with Gasteiger partial charge in [0.1, 0.15) is 5.76 Å². The fraction of sp³-hybridized carbons (Fsp3) is 0.286. The highest BCUT2D eigenvalue weighted by atomic mass is 35.5. The molecule has 0 amide bonds. The summed E-state index contributed by atoms with van der Waals surface area (Å²) in [5, 5.41) is 0.253. The maximum absolute atomic E-state index is 11.8. The van der Waals surface area contributed by atoms with Gasteiger partial charge in [0.2, 0.25) is 10.0 Å². The minimum atomic E-state index is -3.29. The number of nitrogens with one attached hydrogen (secondary N) is 1. The van der Waals surface area contributed by atoms with Gasteiger partial charge >= 0.3 is 0 Å². The molecule has 0 fully saturated rings. The first-order valence-corrected chi connectivity index (χ1v) is 8.34. The normalized spacial score (nSPS) is 11.7. The van der Waals surface area contributed by atoms with Gasteiger partial charge in [-0.25, -0.2) is 13.1 Å². The van der Waals surface area contributed by atoms with Crippen molar-refractivity contribution in [1.29, 1.82) is 0 Å². The van der Waals surface area contributed by atoms with Crippen molar-refractivity contribution in [2.45, 2.75) is 19.4 Å². The molecule has 6 heteroatoms. The summed E-state index contributed by atoms with van der Waals surface area (Å²) in [5.41, 5.74) is 1.14. The second-order valence-electron chi connectivity index (χ2n) is 4.43. The second kappa shape index (κ2) is 6.92. The Labute approximate surface area is 123 Å². The summed E-state index contributed by atoms with van der Waals surface area (Å²) in [4.78, 5) is 0. The smallest absolute Gasteiger partial charge is 0.212 e. The van der Waals surface area contributed by atoms with Crippen LogP contribution in [0, 0.1) is 0 Å². The molecule has 1 heterocycles. The molecule has 1 N–H and O–H groups in total. The average Bonchev–Trinajstić information content (AvgIpc) is 2.84. The van der Waals surface area contributed by atoms with Gasteiger partial charge in [-0.05, 0) is 42.1 Å². The average molecular weight is 314 g/mol. The van der Waals surface area contributed by atoms with Crippen molar-refractivity contribution >= 4 is 21.6 Å². The number of furan rings is 1. The summed E-state index contributed by atoms with van der Waals surface area (Å²) in [7, 11) is -3.29. The zero-order valence-corrected chi connectivity index (χ0v) is 12.5. The summed E-state index contributed by atoms with van der Waals surface area (Å²) >= 11 is 5.62. The number of hydrogen-bond donors (Lipinski definition) is 1. The molecule has 1 aromatic carbocycles. The number of halogens is 1. The first kappa shape index (κ1) is 15.1. The Balaban J connectivity index is 1.76. The maximum Gasteiger partial charge on any atom is 0.212 e. The highest BCUT2D eigenvalue weighted by Crippen LogP contribution is 2.13. The molecule has 0 spiro atoms. The van der Waals surface area contributed by atoms with E-state index in [0.717, 1.165) is 12.0 Å². The van der Waals surface area contributed by atoms with E-state index in [4.69, 9.17) is 16.0 Å². The number of rotatable bonds is 7. The molecular weight excluding hydrogens is 298 g/mol. The fourth-order valence-corrected chi connectivity index (χ4v) is 3.00. The zero-order chi connectivity index (χ0) is 14.4. The van der Waals surface area contributed by atoms with Crippen LogP contribution in [0.4, 0.5) is 0 Å². The standard InChI is InChI=1S/C14H16ClNO3S/c15-14-9-8-13(19-14)11-16-20(17,18)10-4-7-12-5-2-1-3-6-12/h1-3,5-6,8-9,16H,4,7,10-11H2. The van der Waals surface area contributed by atoms with Gasteiger partial charge in [0, 0.05) is 0 Å². The summed E-state index contributed by atoms with van der Waals surface area (Å²) in [6, 6.07) is 13.0. The lowest BCUT2D eigenvalue weighted by atomic mass is 10.1. The van der Waals surface area contributed by atoms with E-state index < -0.39 is 10.0 Å². The van der Waals surface area contributed by atoms with Crippen molar-refractivity contribution in [3.63, 3.8) is 0 Å². The van der Waals surface area contributed by atoms with Crippen LogP contribution in [0.3, 0.4) is 0 Å². The van der Waals surface area contributed by atoms with Crippen molar-refractivity contribution < 1.29 is 12.8 Å². The van der Waals surface area contributed by atoms with E-state index in [-0.39, 0.29) is 17.5 Å². The van der Waals surface area contributed by atoms with Gasteiger partial charge in [0.15, 0.2) is 5.22 Å². The minimum Gasteiger partial charge on any atom is -0.448 e. The van der Waals surface area contributed by atoms with E-state index in [2.05, 4.69) is 4.72 Å². The van der Waals surface area contributed by atoms with Crippen LogP contribution in [0.25, 0.3) is 0 Å². The van der Waals surface area contributed by atoms with Crippen LogP contribution in [0.1, 0.15) is 17.7 Å². The van der Waals surface area contributed by atoms with Crippen molar-refractivity contribution in [2.24, 2.45) is 0 Å². The Kier molecular flexibility index (Phi) is 5.23. The predicted octanol–water partition coefficient (Wildman–Crippen LogP) is 2.99. The zero-order valence-electron chi connectivity index (χ0n) is 10.9. The fourth-order valence-electron chi connectivity index (χ4n) is 1.81. The van der Waals surface area contributed by atoms with Crippen LogP contribution in [-0.4, -0.2) is 14.2 Å². The lowest BCUT2D eigenvalue weighted by molar-refractivity contribution is 0.500. The summed E-state index contributed by atoms with van der Waals surface area (Å²) < 4.78 is 31.2. The molecule has 2 rings (SSSR count). The highest BCUT2D eigenvalue weighted by Gasteiger charge is 2.11. The molecule has 0 saturated heterocycles. The van der Waals surface area contributed by atoms with Crippen molar-refractivity contribution in [2.75, 3.05) is 5.75 Å². The largest absolute Gasteiger partial charge is 0.448 e. The first-order valence-electron chi connectivity index (χ1n) is 6.31. The first-order chi connectivity index (χ1) is 9.55. The van der Waals surface area contributed by atoms with Gasteiger partial charge in [0.05, 0.1) is 12.3 Å². The molecule has 0 aliphatic carbocycles. The second-order valence-corrected chi connectivity index (χ2v) is 6.73. The SMILES string of the molecule is O=S(=O)(CCCc1ccccc1)NCc1ccc(Cl)o1. The van der Waals surface area contributed by atoms with Crippen molar-refractivity contribution in [3.8, 4) is 0 Å². The van der Waals surface area contributed by atoms with Gasteiger partial charge < -0.3 is 4.42 Å². The molecule has 108 valence electrons. The van der Waals surface area contributed by atoms with E-state index in [1.807, 2.05) is 30.3 Å². The van der Waals surface area contributed by atoms with Crippen LogP contribution >= 0.6 is 11.6 Å². The highest BCUT2D eigenvalue weighted by molar-refractivity contribution is 7.89. The third-order valence-electron chi connectivity index (χ3n) is 2.82. The molecule has 1 aromatic heterocycles. The Morgan fingerprint density at radius 3 is 2.50 bits per heavy atom. The van der Waals surface area contributed by atoms with Crippen molar-refractivity contribution in [1.82, 2.24) is 4.72 Å². The minimum absolute atomic E-state index is 0.0936. The topological polar surface area (TPSA) is 59.3 Å². The molecule has 0 saturated carbocycles. The quantitative estimate of drug-likeness (QED) is 0.855. The molecule has 0 atom stereocenters. The van der Waals surface area contributed by atoms with Crippen LogP contribution in [0.5, 0.6) is 0 Å². The molecule has 0 unspecified atom stereocenters. The number of sulfonamides is 1.